The summed E-state index contributed by atoms with van der Waals surface area (Å²) in [5, 5.41) is -0.0434. The molecular weight excluding hydrogens is 305 g/mol. The van der Waals surface area contributed by atoms with E-state index in [2.05, 4.69) is 4.98 Å². The average Bonchev–Trinajstić information content (AvgIpc) is 2.77. The number of thioether (sulfide) groups is 1. The minimum absolute atomic E-state index is 0.00477. The maximum atomic E-state index is 12.6. The fourth-order valence-electron chi connectivity index (χ4n) is 2.08. The van der Waals surface area contributed by atoms with E-state index in [1.807, 2.05) is 0 Å². The number of rotatable bonds is 3. The van der Waals surface area contributed by atoms with E-state index in [9.17, 15) is 22.8 Å². The normalized spacial score (nSPS) is 19.1. The van der Waals surface area contributed by atoms with Crippen LogP contribution in [-0.4, -0.2) is 28.3 Å². The lowest BCUT2D eigenvalue weighted by Gasteiger charge is -2.17. The molecular formula is C13H13F3N2O2S. The van der Waals surface area contributed by atoms with Crippen LogP contribution in [0, 0.1) is 5.92 Å². The zero-order valence-electron chi connectivity index (χ0n) is 11.2. The lowest BCUT2D eigenvalue weighted by atomic mass is 10.1. The van der Waals surface area contributed by atoms with Crippen LogP contribution < -0.4 is 4.90 Å². The molecule has 0 N–H and O–H groups in total. The third kappa shape index (κ3) is 3.96. The summed E-state index contributed by atoms with van der Waals surface area (Å²) in [6.45, 7) is 1.72. The second kappa shape index (κ2) is 6.05. The summed E-state index contributed by atoms with van der Waals surface area (Å²) in [5.74, 6) is 0.167. The van der Waals surface area contributed by atoms with Gasteiger partial charge in [-0.05, 0) is 18.1 Å². The number of hydrogen-bond donors (Lipinski definition) is 0. The SMILES string of the molecule is CC(=O)SCC1CC(=O)N(c2cccc(C(F)(F)F)n2)C1. The first-order valence-corrected chi connectivity index (χ1v) is 7.24. The van der Waals surface area contributed by atoms with Crippen LogP contribution in [0.1, 0.15) is 19.0 Å². The number of halogens is 3. The fraction of sp³-hybridized carbons (Fsp3) is 0.462. The van der Waals surface area contributed by atoms with Crippen molar-refractivity contribution in [2.75, 3.05) is 17.2 Å². The van der Waals surface area contributed by atoms with Gasteiger partial charge < -0.3 is 0 Å². The maximum Gasteiger partial charge on any atom is 0.433 e. The zero-order valence-corrected chi connectivity index (χ0v) is 12.0. The van der Waals surface area contributed by atoms with Crippen LogP contribution in [-0.2, 0) is 15.8 Å². The average molecular weight is 318 g/mol. The summed E-state index contributed by atoms with van der Waals surface area (Å²) in [6.07, 6.45) is -4.32. The smallest absolute Gasteiger partial charge is 0.296 e. The van der Waals surface area contributed by atoms with Crippen molar-refractivity contribution in [2.45, 2.75) is 19.5 Å². The highest BCUT2D eigenvalue weighted by molar-refractivity contribution is 8.13. The highest BCUT2D eigenvalue weighted by Crippen LogP contribution is 2.31. The number of carbonyl (C=O) groups excluding carboxylic acids is 2. The molecule has 4 nitrogen and oxygen atoms in total. The zero-order chi connectivity index (χ0) is 15.6. The molecule has 1 aliphatic heterocycles. The lowest BCUT2D eigenvalue weighted by molar-refractivity contribution is -0.141. The van der Waals surface area contributed by atoms with Crippen LogP contribution in [0.15, 0.2) is 18.2 Å². The maximum absolute atomic E-state index is 12.6. The molecule has 1 amide bonds. The standard InChI is InChI=1S/C13H13F3N2O2S/c1-8(19)21-7-9-5-12(20)18(6-9)11-4-2-3-10(17-11)13(14,15)16/h2-4,9H,5-7H2,1H3. The number of alkyl halides is 3. The molecule has 21 heavy (non-hydrogen) atoms. The summed E-state index contributed by atoms with van der Waals surface area (Å²) < 4.78 is 37.9. The molecule has 2 rings (SSSR count). The molecule has 0 aliphatic carbocycles. The van der Waals surface area contributed by atoms with Crippen molar-refractivity contribution in [1.82, 2.24) is 4.98 Å². The van der Waals surface area contributed by atoms with E-state index >= 15 is 0 Å². The van der Waals surface area contributed by atoms with Crippen molar-refractivity contribution in [3.63, 3.8) is 0 Å². The Bertz CT molecular complexity index is 563. The van der Waals surface area contributed by atoms with Gasteiger partial charge in [0.05, 0.1) is 0 Å². The molecule has 1 atom stereocenters. The first-order valence-electron chi connectivity index (χ1n) is 6.25. The van der Waals surface area contributed by atoms with Crippen LogP contribution in [0.25, 0.3) is 0 Å². The van der Waals surface area contributed by atoms with E-state index in [1.54, 1.807) is 0 Å². The Morgan fingerprint density at radius 3 is 2.81 bits per heavy atom. The number of amides is 1. The summed E-state index contributed by atoms with van der Waals surface area (Å²) in [7, 11) is 0. The third-order valence-corrected chi connectivity index (χ3v) is 4.07. The summed E-state index contributed by atoms with van der Waals surface area (Å²) in [6, 6.07) is 3.48. The number of aromatic nitrogens is 1. The van der Waals surface area contributed by atoms with Gasteiger partial charge in [-0.1, -0.05) is 17.8 Å². The van der Waals surface area contributed by atoms with Gasteiger partial charge in [-0.3, -0.25) is 14.5 Å². The van der Waals surface area contributed by atoms with E-state index < -0.39 is 11.9 Å². The number of hydrogen-bond acceptors (Lipinski definition) is 4. The molecule has 0 radical (unpaired) electrons. The first-order chi connectivity index (χ1) is 9.77. The molecule has 1 aromatic rings. The van der Waals surface area contributed by atoms with Gasteiger partial charge in [-0.2, -0.15) is 13.2 Å². The van der Waals surface area contributed by atoms with Crippen LogP contribution in [0.3, 0.4) is 0 Å². The van der Waals surface area contributed by atoms with E-state index in [-0.39, 0.29) is 35.7 Å². The summed E-state index contributed by atoms with van der Waals surface area (Å²) >= 11 is 1.12. The summed E-state index contributed by atoms with van der Waals surface area (Å²) in [5.41, 5.74) is -1.02. The Kier molecular flexibility index (Phi) is 4.55. The van der Waals surface area contributed by atoms with Crippen molar-refractivity contribution in [3.05, 3.63) is 23.9 Å². The highest BCUT2D eigenvalue weighted by Gasteiger charge is 2.35. The molecule has 0 bridgehead atoms. The fourth-order valence-corrected chi connectivity index (χ4v) is 2.77. The van der Waals surface area contributed by atoms with Gasteiger partial charge in [0.2, 0.25) is 5.91 Å². The number of nitrogens with zero attached hydrogens (tertiary/aromatic N) is 2. The van der Waals surface area contributed by atoms with Gasteiger partial charge in [0.25, 0.3) is 0 Å². The van der Waals surface area contributed by atoms with Gasteiger partial charge in [0, 0.05) is 25.6 Å². The molecule has 1 fully saturated rings. The Labute approximate surface area is 123 Å². The topological polar surface area (TPSA) is 50.3 Å². The van der Waals surface area contributed by atoms with E-state index in [1.165, 1.54) is 24.0 Å². The molecule has 1 aliphatic rings. The number of anilines is 1. The van der Waals surface area contributed by atoms with Gasteiger partial charge in [-0.15, -0.1) is 0 Å². The second-order valence-corrected chi connectivity index (χ2v) is 5.95. The number of pyridine rings is 1. The Balaban J connectivity index is 2.12. The van der Waals surface area contributed by atoms with E-state index in [0.29, 0.717) is 5.75 Å². The third-order valence-electron chi connectivity index (χ3n) is 3.03. The molecule has 0 spiro atoms. The number of carbonyl (C=O) groups is 2. The van der Waals surface area contributed by atoms with Crippen molar-refractivity contribution in [2.24, 2.45) is 5.92 Å². The molecule has 1 aromatic heterocycles. The van der Waals surface area contributed by atoms with Crippen LogP contribution in [0.5, 0.6) is 0 Å². The van der Waals surface area contributed by atoms with Crippen LogP contribution >= 0.6 is 11.8 Å². The molecule has 2 heterocycles. The van der Waals surface area contributed by atoms with Crippen molar-refractivity contribution >= 4 is 28.6 Å². The molecule has 8 heteroatoms. The predicted octanol–water partition coefficient (Wildman–Crippen LogP) is 2.73. The second-order valence-electron chi connectivity index (χ2n) is 4.76. The Hall–Kier alpha value is -1.57. The molecule has 1 saturated heterocycles. The quantitative estimate of drug-likeness (QED) is 0.860. The van der Waals surface area contributed by atoms with Crippen LogP contribution in [0.4, 0.5) is 19.0 Å². The van der Waals surface area contributed by atoms with Crippen molar-refractivity contribution in [3.8, 4) is 0 Å². The van der Waals surface area contributed by atoms with Crippen LogP contribution in [0.2, 0.25) is 0 Å². The van der Waals surface area contributed by atoms with Gasteiger partial charge in [-0.25, -0.2) is 4.98 Å². The van der Waals surface area contributed by atoms with Gasteiger partial charge in [0.15, 0.2) is 5.12 Å². The Morgan fingerprint density at radius 1 is 1.48 bits per heavy atom. The molecule has 114 valence electrons. The Morgan fingerprint density at radius 2 is 2.19 bits per heavy atom. The highest BCUT2D eigenvalue weighted by atomic mass is 32.2. The van der Waals surface area contributed by atoms with E-state index in [0.717, 1.165) is 17.8 Å². The molecule has 0 aromatic carbocycles. The molecule has 1 unspecified atom stereocenters. The monoisotopic (exact) mass is 318 g/mol. The molecule has 0 saturated carbocycles. The minimum atomic E-state index is -4.54. The lowest BCUT2D eigenvalue weighted by Crippen LogP contribution is -2.26. The van der Waals surface area contributed by atoms with E-state index in [4.69, 9.17) is 0 Å². The minimum Gasteiger partial charge on any atom is -0.296 e. The van der Waals surface area contributed by atoms with Gasteiger partial charge in [0.1, 0.15) is 11.5 Å². The van der Waals surface area contributed by atoms with Crippen molar-refractivity contribution < 1.29 is 22.8 Å². The van der Waals surface area contributed by atoms with Crippen molar-refractivity contribution in [1.29, 1.82) is 0 Å². The van der Waals surface area contributed by atoms with Gasteiger partial charge >= 0.3 is 6.18 Å². The summed E-state index contributed by atoms with van der Waals surface area (Å²) in [4.78, 5) is 27.6. The first kappa shape index (κ1) is 15.8. The largest absolute Gasteiger partial charge is 0.433 e. The predicted molar refractivity (Wildman–Crippen MR) is 72.8 cm³/mol.